The third kappa shape index (κ3) is 7.89. The van der Waals surface area contributed by atoms with Crippen molar-refractivity contribution < 1.29 is 0 Å². The average Bonchev–Trinajstić information content (AvgIpc) is 3.87. The van der Waals surface area contributed by atoms with Crippen LogP contribution in [0.15, 0.2) is 260 Å². The van der Waals surface area contributed by atoms with E-state index in [1.165, 1.54) is 87.9 Å². The average molecular weight is 823 g/mol. The maximum atomic E-state index is 2.56. The van der Waals surface area contributed by atoms with Crippen LogP contribution in [0.25, 0.3) is 66.8 Å². The first-order valence-electron chi connectivity index (χ1n) is 22.2. The normalized spacial score (nSPS) is 13.6. The maximum Gasteiger partial charge on any atom is 0.159 e. The van der Waals surface area contributed by atoms with E-state index in [2.05, 4.69) is 269 Å². The van der Waals surface area contributed by atoms with Gasteiger partial charge in [0, 0.05) is 5.54 Å². The van der Waals surface area contributed by atoms with Crippen molar-refractivity contribution in [3.8, 4) is 66.8 Å². The fourth-order valence-electron chi connectivity index (χ4n) is 9.83. The van der Waals surface area contributed by atoms with Gasteiger partial charge in [0.15, 0.2) is 8.07 Å². The van der Waals surface area contributed by atoms with Crippen LogP contribution < -0.4 is 15.6 Å². The lowest BCUT2D eigenvalue weighted by molar-refractivity contribution is 0.748. The van der Waals surface area contributed by atoms with E-state index >= 15 is 0 Å². The molecule has 0 nitrogen and oxygen atoms in total. The molecule has 9 aromatic rings. The van der Waals surface area contributed by atoms with Crippen LogP contribution in [0.1, 0.15) is 13.8 Å². The fraction of sp³-hybridized carbons (Fsp3) is 0.0645. The van der Waals surface area contributed by atoms with E-state index in [1.54, 1.807) is 0 Å². The second kappa shape index (κ2) is 17.6. The molecule has 1 aliphatic carbocycles. The summed E-state index contributed by atoms with van der Waals surface area (Å²) in [7, 11) is -3.26. The van der Waals surface area contributed by atoms with Gasteiger partial charge in [-0.25, -0.2) is 0 Å². The Bertz CT molecular complexity index is 2560. The van der Waals surface area contributed by atoms with Crippen LogP contribution in [-0.2, 0) is 0 Å². The number of allylic oxidation sites excluding steroid dienone is 4. The standard InChI is InChI=1S/C62H50Si/c1-45(2)61-34-21-35-62(61)63(58-39-52(46-22-9-3-10-23-46)36-53(40-58)47-24-11-4-12-25-47,59-41-54(48-26-13-5-14-27-48)37-55(42-59)49-28-15-6-16-29-49)60-43-56(50-30-17-7-18-31-50)38-57(44-60)51-32-19-8-20-33-51/h3-45,62H,1-2H3. The van der Waals surface area contributed by atoms with Gasteiger partial charge in [0.25, 0.3) is 0 Å². The highest BCUT2D eigenvalue weighted by Gasteiger charge is 2.49. The molecule has 1 atom stereocenters. The molecular weight excluding hydrogens is 773 g/mol. The Labute approximate surface area is 374 Å². The number of hydrogen-bond donors (Lipinski definition) is 0. The topological polar surface area (TPSA) is 0 Å². The minimum Gasteiger partial charge on any atom is -0.0790 e. The molecule has 0 aliphatic heterocycles. The number of benzene rings is 9. The summed E-state index contributed by atoms with van der Waals surface area (Å²) < 4.78 is 0. The van der Waals surface area contributed by atoms with Crippen LogP contribution in [0.2, 0.25) is 5.54 Å². The second-order valence-corrected chi connectivity index (χ2v) is 21.1. The summed E-state index contributed by atoms with van der Waals surface area (Å²) in [4.78, 5) is 0. The molecule has 9 aromatic carbocycles. The molecule has 302 valence electrons. The van der Waals surface area contributed by atoms with Crippen LogP contribution in [0.5, 0.6) is 0 Å². The van der Waals surface area contributed by atoms with Gasteiger partial charge in [0.1, 0.15) is 0 Å². The summed E-state index contributed by atoms with van der Waals surface area (Å²) in [5.74, 6) is 0.333. The molecule has 0 saturated carbocycles. The predicted octanol–water partition coefficient (Wildman–Crippen LogP) is 14.7. The molecule has 1 aliphatic rings. The molecule has 0 bridgehead atoms. The molecule has 0 saturated heterocycles. The van der Waals surface area contributed by atoms with E-state index in [0.29, 0.717) is 5.92 Å². The maximum absolute atomic E-state index is 3.26. The molecule has 0 spiro atoms. The highest BCUT2D eigenvalue weighted by atomic mass is 28.3. The minimum atomic E-state index is -3.26. The van der Waals surface area contributed by atoms with Crippen molar-refractivity contribution >= 4 is 23.6 Å². The molecule has 10 rings (SSSR count). The summed E-state index contributed by atoms with van der Waals surface area (Å²) in [6.07, 6.45) is 7.32. The van der Waals surface area contributed by atoms with Crippen molar-refractivity contribution in [1.29, 1.82) is 0 Å². The van der Waals surface area contributed by atoms with Crippen molar-refractivity contribution in [2.75, 3.05) is 0 Å². The summed E-state index contributed by atoms with van der Waals surface area (Å²) in [5, 5.41) is 4.16. The van der Waals surface area contributed by atoms with E-state index in [0.717, 1.165) is 0 Å². The number of hydrogen-bond acceptors (Lipinski definition) is 0. The largest absolute Gasteiger partial charge is 0.159 e. The Kier molecular flexibility index (Phi) is 11.1. The monoisotopic (exact) mass is 822 g/mol. The van der Waals surface area contributed by atoms with Gasteiger partial charge < -0.3 is 0 Å². The molecule has 0 N–H and O–H groups in total. The molecule has 0 fully saturated rings. The van der Waals surface area contributed by atoms with Gasteiger partial charge in [-0.2, -0.15) is 0 Å². The molecule has 0 heterocycles. The Morgan fingerprint density at radius 1 is 0.302 bits per heavy atom. The molecule has 1 unspecified atom stereocenters. The van der Waals surface area contributed by atoms with Gasteiger partial charge >= 0.3 is 0 Å². The lowest BCUT2D eigenvalue weighted by Gasteiger charge is -2.42. The first-order valence-corrected chi connectivity index (χ1v) is 24.3. The van der Waals surface area contributed by atoms with Crippen molar-refractivity contribution in [3.05, 3.63) is 260 Å². The summed E-state index contributed by atoms with van der Waals surface area (Å²) in [6, 6.07) is 88.4. The molecule has 0 amide bonds. The lowest BCUT2D eigenvalue weighted by atomic mass is 9.98. The molecule has 1 heteroatoms. The Balaban J connectivity index is 1.41. The van der Waals surface area contributed by atoms with E-state index in [-0.39, 0.29) is 5.54 Å². The van der Waals surface area contributed by atoms with Crippen molar-refractivity contribution in [3.63, 3.8) is 0 Å². The zero-order valence-electron chi connectivity index (χ0n) is 35.9. The zero-order valence-corrected chi connectivity index (χ0v) is 36.9. The SMILES string of the molecule is CC(C)C1=CC=CC1[Si](c1cc(-c2ccccc2)cc(-c2ccccc2)c1)(c1cc(-c2ccccc2)cc(-c2ccccc2)c1)c1cc(-c2ccccc2)cc(-c2ccccc2)c1. The quantitative estimate of drug-likeness (QED) is 0.0900. The van der Waals surface area contributed by atoms with Crippen LogP contribution in [0, 0.1) is 5.92 Å². The number of rotatable bonds is 11. The first kappa shape index (κ1) is 39.8. The van der Waals surface area contributed by atoms with Crippen LogP contribution in [0.3, 0.4) is 0 Å². The van der Waals surface area contributed by atoms with Crippen molar-refractivity contribution in [2.24, 2.45) is 5.92 Å². The predicted molar refractivity (Wildman–Crippen MR) is 272 cm³/mol. The van der Waals surface area contributed by atoms with Crippen molar-refractivity contribution in [2.45, 2.75) is 19.4 Å². The van der Waals surface area contributed by atoms with E-state index in [9.17, 15) is 0 Å². The van der Waals surface area contributed by atoms with Crippen LogP contribution >= 0.6 is 0 Å². The van der Waals surface area contributed by atoms with E-state index in [1.807, 2.05) is 0 Å². The first-order chi connectivity index (χ1) is 31.0. The summed E-state index contributed by atoms with van der Waals surface area (Å²) in [5.41, 5.74) is 16.3. The smallest absolute Gasteiger partial charge is 0.0790 e. The second-order valence-electron chi connectivity index (χ2n) is 17.1. The lowest BCUT2D eigenvalue weighted by Crippen LogP contribution is -2.70. The van der Waals surface area contributed by atoms with E-state index in [4.69, 9.17) is 0 Å². The fourth-order valence-corrected chi connectivity index (χ4v) is 15.5. The van der Waals surface area contributed by atoms with E-state index < -0.39 is 8.07 Å². The molecule has 63 heavy (non-hydrogen) atoms. The van der Waals surface area contributed by atoms with Gasteiger partial charge in [0.05, 0.1) is 0 Å². The van der Waals surface area contributed by atoms with Gasteiger partial charge in [-0.15, -0.1) is 0 Å². The van der Waals surface area contributed by atoms with Gasteiger partial charge in [-0.1, -0.05) is 256 Å². The highest BCUT2D eigenvalue weighted by Crippen LogP contribution is 2.42. The Morgan fingerprint density at radius 3 is 0.762 bits per heavy atom. The molecule has 0 aromatic heterocycles. The van der Waals surface area contributed by atoms with Gasteiger partial charge in [-0.3, -0.25) is 0 Å². The van der Waals surface area contributed by atoms with Gasteiger partial charge in [0.2, 0.25) is 0 Å². The third-order valence-corrected chi connectivity index (χ3v) is 17.9. The summed E-state index contributed by atoms with van der Waals surface area (Å²) in [6.45, 7) is 4.76. The Morgan fingerprint density at radius 2 is 0.540 bits per heavy atom. The summed E-state index contributed by atoms with van der Waals surface area (Å²) >= 11 is 0. The highest BCUT2D eigenvalue weighted by molar-refractivity contribution is 7.13. The molecule has 0 radical (unpaired) electrons. The molecular formula is C62H50Si. The zero-order chi connectivity index (χ0) is 42.6. The Hall–Kier alpha value is -7.32. The van der Waals surface area contributed by atoms with Crippen molar-refractivity contribution in [1.82, 2.24) is 0 Å². The van der Waals surface area contributed by atoms with Crippen LogP contribution in [0.4, 0.5) is 0 Å². The minimum absolute atomic E-state index is 0.122. The third-order valence-electron chi connectivity index (χ3n) is 12.9. The van der Waals surface area contributed by atoms with Crippen LogP contribution in [-0.4, -0.2) is 8.07 Å². The van der Waals surface area contributed by atoms with Gasteiger partial charge in [-0.05, 0) is 106 Å².